The van der Waals surface area contributed by atoms with Gasteiger partial charge in [0, 0.05) is 24.2 Å². The first-order valence-electron chi connectivity index (χ1n) is 7.92. The summed E-state index contributed by atoms with van der Waals surface area (Å²) in [5.41, 5.74) is 6.21. The van der Waals surface area contributed by atoms with Gasteiger partial charge in [-0.05, 0) is 37.1 Å². The van der Waals surface area contributed by atoms with Gasteiger partial charge in [-0.3, -0.25) is 4.79 Å². The fraction of sp³-hybridized carbons (Fsp3) is 0.190. The largest absolute Gasteiger partial charge is 0.308 e. The Bertz CT molecular complexity index is 699. The van der Waals surface area contributed by atoms with Crippen molar-refractivity contribution in [2.75, 3.05) is 13.1 Å². The molecule has 0 aliphatic carbocycles. The minimum absolute atomic E-state index is 0.143. The molecule has 0 atom stereocenters. The normalized spacial score (nSPS) is 18.6. The van der Waals surface area contributed by atoms with E-state index >= 15 is 0 Å². The van der Waals surface area contributed by atoms with Gasteiger partial charge in [0.05, 0.1) is 0 Å². The number of hydrogen-bond donors (Lipinski definition) is 1. The number of hydrogen-bond acceptors (Lipinski definition) is 2. The minimum Gasteiger partial charge on any atom is -0.308 e. The molecule has 0 saturated carbocycles. The van der Waals surface area contributed by atoms with Crippen LogP contribution in [-0.4, -0.2) is 18.9 Å². The molecule has 1 fully saturated rings. The third kappa shape index (κ3) is 3.85. The third-order valence-corrected chi connectivity index (χ3v) is 4.05. The van der Waals surface area contributed by atoms with Crippen LogP contribution in [0.15, 0.2) is 59.7 Å². The molecule has 1 heterocycles. The number of nitrogens with one attached hydrogen (secondary N) is 1. The highest BCUT2D eigenvalue weighted by molar-refractivity contribution is 6.14. The highest BCUT2D eigenvalue weighted by Gasteiger charge is 2.19. The van der Waals surface area contributed by atoms with Crippen molar-refractivity contribution in [2.24, 2.45) is 0 Å². The summed E-state index contributed by atoms with van der Waals surface area (Å²) in [5.74, 6) is 0.143. The number of aryl methyl sites for hydroxylation is 2. The number of carbonyl (C=O) groups excluding carboxylic acids is 1. The molecule has 2 nitrogen and oxygen atoms in total. The van der Waals surface area contributed by atoms with Crippen molar-refractivity contribution in [1.82, 2.24) is 5.32 Å². The van der Waals surface area contributed by atoms with E-state index in [1.807, 2.05) is 36.4 Å². The number of rotatable bonds is 2. The summed E-state index contributed by atoms with van der Waals surface area (Å²) in [5, 5.41) is 3.32. The van der Waals surface area contributed by atoms with Crippen LogP contribution in [0, 0.1) is 13.8 Å². The van der Waals surface area contributed by atoms with Gasteiger partial charge in [-0.2, -0.15) is 0 Å². The second-order valence-corrected chi connectivity index (χ2v) is 6.09. The van der Waals surface area contributed by atoms with Gasteiger partial charge >= 0.3 is 0 Å². The van der Waals surface area contributed by atoms with Crippen LogP contribution >= 0.6 is 0 Å². The SMILES string of the molecule is Cc1ccc(/C=C2/CNC/C(=C\c3ccc(C)cc3)C2=O)cc1. The molecule has 0 spiro atoms. The van der Waals surface area contributed by atoms with E-state index in [-0.39, 0.29) is 5.78 Å². The van der Waals surface area contributed by atoms with E-state index in [4.69, 9.17) is 0 Å². The van der Waals surface area contributed by atoms with Gasteiger partial charge in [-0.25, -0.2) is 0 Å². The quantitative estimate of drug-likeness (QED) is 0.851. The van der Waals surface area contributed by atoms with E-state index < -0.39 is 0 Å². The maximum absolute atomic E-state index is 12.7. The molecule has 2 heteroatoms. The monoisotopic (exact) mass is 303 g/mol. The zero-order valence-corrected chi connectivity index (χ0v) is 13.6. The highest BCUT2D eigenvalue weighted by Crippen LogP contribution is 2.18. The van der Waals surface area contributed by atoms with Crippen LogP contribution in [0.5, 0.6) is 0 Å². The Balaban J connectivity index is 1.86. The first-order valence-corrected chi connectivity index (χ1v) is 7.92. The summed E-state index contributed by atoms with van der Waals surface area (Å²) in [6.07, 6.45) is 3.97. The van der Waals surface area contributed by atoms with Crippen LogP contribution in [0.1, 0.15) is 22.3 Å². The van der Waals surface area contributed by atoms with E-state index in [0.717, 1.165) is 22.3 Å². The lowest BCUT2D eigenvalue weighted by Gasteiger charge is -2.18. The molecule has 0 unspecified atom stereocenters. The van der Waals surface area contributed by atoms with E-state index in [0.29, 0.717) is 13.1 Å². The van der Waals surface area contributed by atoms with Crippen LogP contribution in [0.25, 0.3) is 12.2 Å². The van der Waals surface area contributed by atoms with Crippen molar-refractivity contribution < 1.29 is 4.79 Å². The van der Waals surface area contributed by atoms with Crippen LogP contribution in [0.2, 0.25) is 0 Å². The average molecular weight is 303 g/mol. The van der Waals surface area contributed by atoms with Gasteiger partial charge in [-0.15, -0.1) is 0 Å². The lowest BCUT2D eigenvalue weighted by Crippen LogP contribution is -2.32. The van der Waals surface area contributed by atoms with Crippen LogP contribution in [0.3, 0.4) is 0 Å². The summed E-state index contributed by atoms with van der Waals surface area (Å²) in [4.78, 5) is 12.7. The Morgan fingerprint density at radius 1 is 0.739 bits per heavy atom. The molecule has 2 aromatic carbocycles. The van der Waals surface area contributed by atoms with Crippen molar-refractivity contribution in [3.05, 3.63) is 81.9 Å². The molecule has 0 aromatic heterocycles. The predicted octanol–water partition coefficient (Wildman–Crippen LogP) is 3.94. The lowest BCUT2D eigenvalue weighted by atomic mass is 9.95. The Labute approximate surface area is 137 Å². The van der Waals surface area contributed by atoms with Gasteiger partial charge in [0.15, 0.2) is 5.78 Å². The molecule has 3 rings (SSSR count). The maximum Gasteiger partial charge on any atom is 0.187 e. The molecule has 1 N–H and O–H groups in total. The highest BCUT2D eigenvalue weighted by atomic mass is 16.1. The molecule has 1 aliphatic heterocycles. The van der Waals surface area contributed by atoms with Crippen LogP contribution < -0.4 is 5.32 Å². The van der Waals surface area contributed by atoms with E-state index in [1.165, 1.54) is 11.1 Å². The fourth-order valence-electron chi connectivity index (χ4n) is 2.66. The van der Waals surface area contributed by atoms with Crippen molar-refractivity contribution in [1.29, 1.82) is 0 Å². The molecule has 2 aromatic rings. The smallest absolute Gasteiger partial charge is 0.187 e. The minimum atomic E-state index is 0.143. The second kappa shape index (κ2) is 6.76. The van der Waals surface area contributed by atoms with Gasteiger partial charge < -0.3 is 5.32 Å². The Morgan fingerprint density at radius 3 is 1.52 bits per heavy atom. The molecule has 0 bridgehead atoms. The number of Topliss-reactive ketones (excluding diaryl/α,β-unsaturated/α-hetero) is 1. The van der Waals surface area contributed by atoms with Gasteiger partial charge in [0.1, 0.15) is 0 Å². The first-order chi connectivity index (χ1) is 11.1. The van der Waals surface area contributed by atoms with Crippen molar-refractivity contribution in [2.45, 2.75) is 13.8 Å². The molecule has 0 radical (unpaired) electrons. The molecule has 1 saturated heterocycles. The van der Waals surface area contributed by atoms with Crippen LogP contribution in [-0.2, 0) is 4.79 Å². The number of ketones is 1. The Morgan fingerprint density at radius 2 is 1.13 bits per heavy atom. The molecule has 1 aliphatic rings. The topological polar surface area (TPSA) is 29.1 Å². The zero-order valence-electron chi connectivity index (χ0n) is 13.6. The maximum atomic E-state index is 12.7. The standard InChI is InChI=1S/C21H21NO/c1-15-3-7-17(8-4-15)11-19-13-22-14-20(21(19)23)12-18-9-5-16(2)6-10-18/h3-12,22H,13-14H2,1-2H3/b19-11-,20-12+. The number of carbonyl (C=O) groups is 1. The van der Waals surface area contributed by atoms with Gasteiger partial charge in [0.2, 0.25) is 0 Å². The van der Waals surface area contributed by atoms with Gasteiger partial charge in [-0.1, -0.05) is 59.7 Å². The zero-order chi connectivity index (χ0) is 16.2. The summed E-state index contributed by atoms with van der Waals surface area (Å²) >= 11 is 0. The second-order valence-electron chi connectivity index (χ2n) is 6.09. The van der Waals surface area contributed by atoms with Gasteiger partial charge in [0.25, 0.3) is 0 Å². The molecular formula is C21H21NO. The summed E-state index contributed by atoms with van der Waals surface area (Å²) in [6, 6.07) is 16.5. The summed E-state index contributed by atoms with van der Waals surface area (Å²) < 4.78 is 0. The molecule has 23 heavy (non-hydrogen) atoms. The Kier molecular flexibility index (Phi) is 4.54. The van der Waals surface area contributed by atoms with Crippen molar-refractivity contribution in [3.63, 3.8) is 0 Å². The van der Waals surface area contributed by atoms with Crippen molar-refractivity contribution >= 4 is 17.9 Å². The van der Waals surface area contributed by atoms with Crippen molar-refractivity contribution in [3.8, 4) is 0 Å². The molecular weight excluding hydrogens is 282 g/mol. The van der Waals surface area contributed by atoms with E-state index in [1.54, 1.807) is 0 Å². The predicted molar refractivity (Wildman–Crippen MR) is 96.2 cm³/mol. The Hall–Kier alpha value is -2.45. The van der Waals surface area contributed by atoms with E-state index in [2.05, 4.69) is 43.4 Å². The number of piperidine rings is 1. The fourth-order valence-corrected chi connectivity index (χ4v) is 2.66. The lowest BCUT2D eigenvalue weighted by molar-refractivity contribution is -0.112. The van der Waals surface area contributed by atoms with E-state index in [9.17, 15) is 4.79 Å². The summed E-state index contributed by atoms with van der Waals surface area (Å²) in [6.45, 7) is 5.37. The first kappa shape index (κ1) is 15.4. The number of benzene rings is 2. The average Bonchev–Trinajstić information content (AvgIpc) is 2.55. The molecule has 0 amide bonds. The van der Waals surface area contributed by atoms with Crippen LogP contribution in [0.4, 0.5) is 0 Å². The summed E-state index contributed by atoms with van der Waals surface area (Å²) in [7, 11) is 0. The third-order valence-electron chi connectivity index (χ3n) is 4.05. The molecule has 116 valence electrons.